The highest BCUT2D eigenvalue weighted by Gasteiger charge is 2.19. The maximum Gasteiger partial charge on any atom is 0.272 e. The number of thioether (sulfide) groups is 1. The van der Waals surface area contributed by atoms with Gasteiger partial charge in [0.25, 0.3) is 17.5 Å². The van der Waals surface area contributed by atoms with Crippen molar-refractivity contribution in [2.75, 3.05) is 17.2 Å². The minimum Gasteiger partial charge on any atom is -0.494 e. The van der Waals surface area contributed by atoms with Crippen molar-refractivity contribution < 1.29 is 24.0 Å². The third-order valence-electron chi connectivity index (χ3n) is 6.49. The molecule has 0 bridgehead atoms. The summed E-state index contributed by atoms with van der Waals surface area (Å²) in [4.78, 5) is 50.7. The van der Waals surface area contributed by atoms with E-state index in [0.29, 0.717) is 45.3 Å². The lowest BCUT2D eigenvalue weighted by molar-refractivity contribution is -0.384. The lowest BCUT2D eigenvalue weighted by atomic mass is 10.1. The molecule has 1 unspecified atom stereocenters. The molecule has 1 atom stereocenters. The van der Waals surface area contributed by atoms with E-state index in [0.717, 1.165) is 0 Å². The van der Waals surface area contributed by atoms with E-state index in [2.05, 4.69) is 16.0 Å². The normalized spacial score (nSPS) is 11.7. The van der Waals surface area contributed by atoms with Gasteiger partial charge < -0.3 is 20.7 Å². The molecule has 0 saturated carbocycles. The van der Waals surface area contributed by atoms with Gasteiger partial charge >= 0.3 is 0 Å². The zero-order chi connectivity index (χ0) is 32.3. The third-order valence-corrected chi connectivity index (χ3v) is 7.59. The molecule has 0 spiro atoms. The highest BCUT2D eigenvalue weighted by atomic mass is 32.2. The Morgan fingerprint density at radius 2 is 1.67 bits per heavy atom. The van der Waals surface area contributed by atoms with Crippen LogP contribution in [0.5, 0.6) is 5.75 Å². The van der Waals surface area contributed by atoms with Crippen molar-refractivity contribution in [1.82, 2.24) is 5.32 Å². The highest BCUT2D eigenvalue weighted by molar-refractivity contribution is 8.00. The van der Waals surface area contributed by atoms with Gasteiger partial charge in [0.2, 0.25) is 5.91 Å². The number of ether oxygens (including phenoxy) is 1. The Labute approximate surface area is 265 Å². The second-order valence-electron chi connectivity index (χ2n) is 9.87. The molecule has 10 nitrogen and oxygen atoms in total. The van der Waals surface area contributed by atoms with Crippen LogP contribution in [0.15, 0.2) is 108 Å². The first-order valence-electron chi connectivity index (χ1n) is 14.1. The number of amides is 3. The van der Waals surface area contributed by atoms with Gasteiger partial charge in [-0.05, 0) is 80.4 Å². The number of carbonyl (C=O) groups is 3. The predicted octanol–water partition coefficient (Wildman–Crippen LogP) is 6.83. The van der Waals surface area contributed by atoms with Crippen LogP contribution < -0.4 is 20.7 Å². The first-order valence-corrected chi connectivity index (χ1v) is 15.0. The van der Waals surface area contributed by atoms with Crippen LogP contribution in [0.4, 0.5) is 17.1 Å². The molecule has 4 aromatic rings. The summed E-state index contributed by atoms with van der Waals surface area (Å²) in [6.07, 6.45) is 1.58. The Morgan fingerprint density at radius 1 is 0.933 bits per heavy atom. The molecule has 0 saturated heterocycles. The summed E-state index contributed by atoms with van der Waals surface area (Å²) in [6, 6.07) is 27.0. The number of non-ortho nitro benzene ring substituents is 1. The molecule has 4 rings (SSSR count). The van der Waals surface area contributed by atoms with E-state index in [4.69, 9.17) is 4.74 Å². The van der Waals surface area contributed by atoms with E-state index >= 15 is 0 Å². The van der Waals surface area contributed by atoms with Gasteiger partial charge in [0.15, 0.2) is 0 Å². The van der Waals surface area contributed by atoms with Crippen LogP contribution >= 0.6 is 11.8 Å². The van der Waals surface area contributed by atoms with Crippen LogP contribution in [0.2, 0.25) is 0 Å². The number of rotatable bonds is 12. The van der Waals surface area contributed by atoms with Crippen LogP contribution in [0.3, 0.4) is 0 Å². The Bertz CT molecular complexity index is 1720. The summed E-state index contributed by atoms with van der Waals surface area (Å²) in [5.74, 6) is -0.623. The average Bonchev–Trinajstić information content (AvgIpc) is 3.03. The van der Waals surface area contributed by atoms with Gasteiger partial charge in [0.05, 0.1) is 22.5 Å². The van der Waals surface area contributed by atoms with Crippen LogP contribution in [0.1, 0.15) is 35.3 Å². The molecular formula is C34H32N4O6S. The summed E-state index contributed by atoms with van der Waals surface area (Å²) in [7, 11) is 0. The van der Waals surface area contributed by atoms with E-state index in [1.165, 1.54) is 23.9 Å². The SMILES string of the molecule is CCOc1ccc(/C=C(/NC(=O)c2ccccc2)C(=O)Nc2cccc(SC(C)C(=O)Nc3cc([N+](=O)[O-])ccc3C)c2)cc1. The maximum absolute atomic E-state index is 13.5. The molecule has 0 radical (unpaired) electrons. The van der Waals surface area contributed by atoms with Crippen molar-refractivity contribution in [1.29, 1.82) is 0 Å². The molecule has 45 heavy (non-hydrogen) atoms. The number of hydrogen-bond acceptors (Lipinski definition) is 7. The zero-order valence-electron chi connectivity index (χ0n) is 24.9. The fourth-order valence-electron chi connectivity index (χ4n) is 4.13. The Kier molecular flexibility index (Phi) is 11.1. The number of nitrogens with one attached hydrogen (secondary N) is 3. The Hall–Kier alpha value is -5.42. The molecular weight excluding hydrogens is 592 g/mol. The third kappa shape index (κ3) is 9.28. The molecule has 3 amide bonds. The molecule has 4 aromatic carbocycles. The molecule has 3 N–H and O–H groups in total. The van der Waals surface area contributed by atoms with Gasteiger partial charge in [-0.2, -0.15) is 0 Å². The topological polar surface area (TPSA) is 140 Å². The van der Waals surface area contributed by atoms with Crippen molar-refractivity contribution in [3.8, 4) is 5.75 Å². The quantitative estimate of drug-likeness (QED) is 0.0679. The standard InChI is InChI=1S/C34H32N4O6S/c1-4-44-28-17-14-24(15-18-28)19-31(37-33(40)25-9-6-5-7-10-25)34(41)35-26-11-8-12-29(20-26)45-23(3)32(39)36-30-21-27(38(42)43)16-13-22(30)2/h5-21,23H,4H2,1-3H3,(H,35,41)(H,36,39)(H,37,40)/b31-19+. The number of hydrogen-bond donors (Lipinski definition) is 3. The number of nitro benzene ring substituents is 1. The second kappa shape index (κ2) is 15.3. The molecule has 0 aliphatic carbocycles. The van der Waals surface area contributed by atoms with Crippen molar-refractivity contribution >= 4 is 52.6 Å². The van der Waals surface area contributed by atoms with E-state index in [1.807, 2.05) is 6.92 Å². The van der Waals surface area contributed by atoms with E-state index in [9.17, 15) is 24.5 Å². The summed E-state index contributed by atoms with van der Waals surface area (Å²) in [6.45, 7) is 5.88. The summed E-state index contributed by atoms with van der Waals surface area (Å²) >= 11 is 1.26. The molecule has 0 aliphatic rings. The number of carbonyl (C=O) groups excluding carboxylic acids is 3. The largest absolute Gasteiger partial charge is 0.494 e. The fraction of sp³-hybridized carbons (Fsp3) is 0.147. The maximum atomic E-state index is 13.5. The number of benzene rings is 4. The summed E-state index contributed by atoms with van der Waals surface area (Å²) in [5.41, 5.74) is 2.52. The van der Waals surface area contributed by atoms with Crippen molar-refractivity contribution in [3.63, 3.8) is 0 Å². The molecule has 0 fully saturated rings. The number of anilines is 2. The number of nitrogens with zero attached hydrogens (tertiary/aromatic N) is 1. The zero-order valence-corrected chi connectivity index (χ0v) is 25.7. The van der Waals surface area contributed by atoms with E-state index in [1.54, 1.807) is 105 Å². The first kappa shape index (κ1) is 32.5. The van der Waals surface area contributed by atoms with Gasteiger partial charge in [-0.25, -0.2) is 0 Å². The van der Waals surface area contributed by atoms with Crippen LogP contribution in [-0.4, -0.2) is 34.5 Å². The molecule has 230 valence electrons. The van der Waals surface area contributed by atoms with E-state index in [-0.39, 0.29) is 17.3 Å². The predicted molar refractivity (Wildman–Crippen MR) is 176 cm³/mol. The Balaban J connectivity index is 1.48. The van der Waals surface area contributed by atoms with Gasteiger partial charge in [-0.3, -0.25) is 24.5 Å². The first-order chi connectivity index (χ1) is 21.6. The van der Waals surface area contributed by atoms with Gasteiger partial charge in [0.1, 0.15) is 11.4 Å². The average molecular weight is 625 g/mol. The van der Waals surface area contributed by atoms with Gasteiger partial charge in [0, 0.05) is 28.3 Å². The van der Waals surface area contributed by atoms with Gasteiger partial charge in [-0.15, -0.1) is 11.8 Å². The lowest BCUT2D eigenvalue weighted by Crippen LogP contribution is -2.30. The van der Waals surface area contributed by atoms with Crippen LogP contribution in [0.25, 0.3) is 6.08 Å². The molecule has 0 aliphatic heterocycles. The van der Waals surface area contributed by atoms with E-state index < -0.39 is 22.0 Å². The second-order valence-corrected chi connectivity index (χ2v) is 11.3. The molecule has 0 aromatic heterocycles. The molecule has 11 heteroatoms. The minimum absolute atomic E-state index is 0.0335. The molecule has 0 heterocycles. The summed E-state index contributed by atoms with van der Waals surface area (Å²) in [5, 5.41) is 18.9. The highest BCUT2D eigenvalue weighted by Crippen LogP contribution is 2.28. The number of nitro groups is 1. The van der Waals surface area contributed by atoms with Gasteiger partial charge in [-0.1, -0.05) is 42.5 Å². The van der Waals surface area contributed by atoms with Crippen LogP contribution in [0, 0.1) is 17.0 Å². The Morgan fingerprint density at radius 3 is 2.36 bits per heavy atom. The van der Waals surface area contributed by atoms with Crippen molar-refractivity contribution in [2.45, 2.75) is 30.9 Å². The minimum atomic E-state index is -0.560. The van der Waals surface area contributed by atoms with Crippen LogP contribution in [-0.2, 0) is 9.59 Å². The van der Waals surface area contributed by atoms with Crippen molar-refractivity contribution in [2.24, 2.45) is 0 Å². The number of aryl methyl sites for hydroxylation is 1. The lowest BCUT2D eigenvalue weighted by Gasteiger charge is -2.15. The monoisotopic (exact) mass is 624 g/mol. The van der Waals surface area contributed by atoms with Crippen molar-refractivity contribution in [3.05, 3.63) is 130 Å². The fourth-order valence-corrected chi connectivity index (χ4v) is 5.06. The summed E-state index contributed by atoms with van der Waals surface area (Å²) < 4.78 is 5.49. The smallest absolute Gasteiger partial charge is 0.272 e.